The average Bonchev–Trinajstić information content (AvgIpc) is 2.88. The third-order valence-electron chi connectivity index (χ3n) is 2.87. The van der Waals surface area contributed by atoms with Crippen molar-refractivity contribution in [1.82, 2.24) is 19.7 Å². The van der Waals surface area contributed by atoms with Gasteiger partial charge in [0.1, 0.15) is 11.6 Å². The van der Waals surface area contributed by atoms with Crippen LogP contribution in [0.4, 0.5) is 14.7 Å². The van der Waals surface area contributed by atoms with Crippen molar-refractivity contribution in [2.24, 2.45) is 0 Å². The Hall–Kier alpha value is -3.16. The van der Waals surface area contributed by atoms with Crippen LogP contribution in [0, 0.1) is 11.6 Å². The second-order valence-electron chi connectivity index (χ2n) is 4.40. The molecule has 0 fully saturated rings. The number of pyridine rings is 1. The molecule has 2 heterocycles. The zero-order valence-corrected chi connectivity index (χ0v) is 11.1. The van der Waals surface area contributed by atoms with Crippen molar-refractivity contribution in [1.29, 1.82) is 0 Å². The van der Waals surface area contributed by atoms with Crippen LogP contribution in [0.3, 0.4) is 0 Å². The standard InChI is InChI=1S/C14H9F2N5O/c15-10-5-9(6-11(16)7-10)13(22)21-14(17)19-12(20-21)8-1-3-18-4-2-8/h1-7H,(H2,17,19,20). The first kappa shape index (κ1) is 13.8. The van der Waals surface area contributed by atoms with Crippen LogP contribution in [-0.2, 0) is 0 Å². The van der Waals surface area contributed by atoms with Gasteiger partial charge in [0.2, 0.25) is 5.95 Å². The lowest BCUT2D eigenvalue weighted by atomic mass is 10.2. The normalized spacial score (nSPS) is 10.6. The topological polar surface area (TPSA) is 86.7 Å². The van der Waals surface area contributed by atoms with Crippen molar-refractivity contribution in [2.45, 2.75) is 0 Å². The van der Waals surface area contributed by atoms with Gasteiger partial charge in [0, 0.05) is 29.6 Å². The summed E-state index contributed by atoms with van der Waals surface area (Å²) in [6.45, 7) is 0. The van der Waals surface area contributed by atoms with Gasteiger partial charge in [-0.3, -0.25) is 9.78 Å². The van der Waals surface area contributed by atoms with E-state index >= 15 is 0 Å². The van der Waals surface area contributed by atoms with Crippen LogP contribution in [0.2, 0.25) is 0 Å². The van der Waals surface area contributed by atoms with E-state index in [1.807, 2.05) is 0 Å². The maximum atomic E-state index is 13.2. The Morgan fingerprint density at radius 1 is 1.09 bits per heavy atom. The van der Waals surface area contributed by atoms with Crippen molar-refractivity contribution >= 4 is 11.9 Å². The molecule has 0 radical (unpaired) electrons. The summed E-state index contributed by atoms with van der Waals surface area (Å²) < 4.78 is 27.2. The molecule has 0 spiro atoms. The van der Waals surface area contributed by atoms with E-state index < -0.39 is 17.5 Å². The van der Waals surface area contributed by atoms with E-state index in [1.165, 1.54) is 12.4 Å². The van der Waals surface area contributed by atoms with Gasteiger partial charge in [0.15, 0.2) is 5.82 Å². The van der Waals surface area contributed by atoms with Gasteiger partial charge in [-0.25, -0.2) is 8.78 Å². The predicted molar refractivity (Wildman–Crippen MR) is 73.8 cm³/mol. The number of hydrogen-bond acceptors (Lipinski definition) is 5. The van der Waals surface area contributed by atoms with Crippen LogP contribution in [0.15, 0.2) is 42.7 Å². The molecule has 0 bridgehead atoms. The summed E-state index contributed by atoms with van der Waals surface area (Å²) in [6, 6.07) is 5.76. The number of nitrogens with two attached hydrogens (primary N) is 1. The molecule has 6 nitrogen and oxygen atoms in total. The maximum Gasteiger partial charge on any atom is 0.281 e. The number of rotatable bonds is 2. The molecule has 1 aromatic carbocycles. The Kier molecular flexibility index (Phi) is 3.34. The number of anilines is 1. The third kappa shape index (κ3) is 2.53. The van der Waals surface area contributed by atoms with Gasteiger partial charge in [-0.15, -0.1) is 5.10 Å². The summed E-state index contributed by atoms with van der Waals surface area (Å²) in [7, 11) is 0. The highest BCUT2D eigenvalue weighted by molar-refractivity contribution is 5.96. The molecule has 0 atom stereocenters. The number of carbonyl (C=O) groups excluding carboxylic acids is 1. The highest BCUT2D eigenvalue weighted by Crippen LogP contribution is 2.17. The SMILES string of the molecule is Nc1nc(-c2ccncc2)nn1C(=O)c1cc(F)cc(F)c1. The summed E-state index contributed by atoms with van der Waals surface area (Å²) in [5.41, 5.74) is 6.06. The van der Waals surface area contributed by atoms with Crippen LogP contribution in [0.25, 0.3) is 11.4 Å². The molecule has 3 rings (SSSR count). The number of halogens is 2. The molecule has 2 aromatic heterocycles. The number of hydrogen-bond donors (Lipinski definition) is 1. The molecule has 22 heavy (non-hydrogen) atoms. The first-order valence-electron chi connectivity index (χ1n) is 6.18. The van der Waals surface area contributed by atoms with Crippen molar-refractivity contribution < 1.29 is 13.6 Å². The Balaban J connectivity index is 2.02. The van der Waals surface area contributed by atoms with E-state index in [-0.39, 0.29) is 17.3 Å². The van der Waals surface area contributed by atoms with Crippen molar-refractivity contribution in [3.05, 3.63) is 59.9 Å². The molecule has 0 aliphatic heterocycles. The fourth-order valence-corrected chi connectivity index (χ4v) is 1.90. The Morgan fingerprint density at radius 3 is 2.36 bits per heavy atom. The number of nitrogen functional groups attached to an aromatic ring is 1. The average molecular weight is 301 g/mol. The van der Waals surface area contributed by atoms with Crippen molar-refractivity contribution in [3.8, 4) is 11.4 Å². The molecule has 8 heteroatoms. The fourth-order valence-electron chi connectivity index (χ4n) is 1.90. The van der Waals surface area contributed by atoms with E-state index in [9.17, 15) is 13.6 Å². The van der Waals surface area contributed by atoms with Gasteiger partial charge in [-0.1, -0.05) is 0 Å². The number of carbonyl (C=O) groups is 1. The minimum atomic E-state index is -0.864. The zero-order valence-electron chi connectivity index (χ0n) is 11.1. The molecule has 0 saturated heterocycles. The lowest BCUT2D eigenvalue weighted by Gasteiger charge is -2.02. The highest BCUT2D eigenvalue weighted by atomic mass is 19.1. The second kappa shape index (κ2) is 5.32. The van der Waals surface area contributed by atoms with Crippen LogP contribution >= 0.6 is 0 Å². The Labute approximate surface area is 123 Å². The molecule has 110 valence electrons. The lowest BCUT2D eigenvalue weighted by molar-refractivity contribution is 0.0947. The zero-order chi connectivity index (χ0) is 15.7. The van der Waals surface area contributed by atoms with Crippen molar-refractivity contribution in [2.75, 3.05) is 5.73 Å². The van der Waals surface area contributed by atoms with Gasteiger partial charge >= 0.3 is 0 Å². The second-order valence-corrected chi connectivity index (χ2v) is 4.40. The molecule has 0 amide bonds. The molecule has 2 N–H and O–H groups in total. The number of aromatic nitrogens is 4. The molecule has 0 aliphatic carbocycles. The molecule has 0 unspecified atom stereocenters. The van der Waals surface area contributed by atoms with E-state index in [1.54, 1.807) is 12.1 Å². The van der Waals surface area contributed by atoms with Gasteiger partial charge in [0.05, 0.1) is 0 Å². The van der Waals surface area contributed by atoms with E-state index in [4.69, 9.17) is 5.73 Å². The van der Waals surface area contributed by atoms with Crippen LogP contribution in [0.1, 0.15) is 10.4 Å². The van der Waals surface area contributed by atoms with Gasteiger partial charge < -0.3 is 5.73 Å². The minimum absolute atomic E-state index is 0.179. The summed E-state index contributed by atoms with van der Waals surface area (Å²) in [5.74, 6) is -2.47. The minimum Gasteiger partial charge on any atom is -0.368 e. The number of benzene rings is 1. The molecular formula is C14H9F2N5O. The summed E-state index contributed by atoms with van der Waals surface area (Å²) in [6.07, 6.45) is 3.08. The van der Waals surface area contributed by atoms with Crippen LogP contribution < -0.4 is 5.73 Å². The molecule has 0 saturated carbocycles. The summed E-state index contributed by atoms with van der Waals surface area (Å²) in [4.78, 5) is 20.1. The van der Waals surface area contributed by atoms with E-state index in [0.717, 1.165) is 16.8 Å². The molecular weight excluding hydrogens is 292 g/mol. The van der Waals surface area contributed by atoms with Gasteiger partial charge in [0.25, 0.3) is 5.91 Å². The van der Waals surface area contributed by atoms with Crippen molar-refractivity contribution in [3.63, 3.8) is 0 Å². The van der Waals surface area contributed by atoms with E-state index in [2.05, 4.69) is 15.1 Å². The quantitative estimate of drug-likeness (QED) is 0.781. The fraction of sp³-hybridized carbons (Fsp3) is 0. The Bertz CT molecular complexity index is 827. The van der Waals surface area contributed by atoms with Crippen LogP contribution in [0.5, 0.6) is 0 Å². The van der Waals surface area contributed by atoms with E-state index in [0.29, 0.717) is 11.6 Å². The monoisotopic (exact) mass is 301 g/mol. The molecule has 3 aromatic rings. The first-order chi connectivity index (χ1) is 10.5. The smallest absolute Gasteiger partial charge is 0.281 e. The largest absolute Gasteiger partial charge is 0.368 e. The Morgan fingerprint density at radius 2 is 1.73 bits per heavy atom. The highest BCUT2D eigenvalue weighted by Gasteiger charge is 2.18. The number of nitrogens with zero attached hydrogens (tertiary/aromatic N) is 4. The molecule has 0 aliphatic rings. The first-order valence-corrected chi connectivity index (χ1v) is 6.18. The summed E-state index contributed by atoms with van der Waals surface area (Å²) in [5, 5.41) is 3.97. The van der Waals surface area contributed by atoms with Crippen LogP contribution in [-0.4, -0.2) is 25.7 Å². The lowest BCUT2D eigenvalue weighted by Crippen LogP contribution is -2.16. The maximum absolute atomic E-state index is 13.2. The van der Waals surface area contributed by atoms with Gasteiger partial charge in [-0.05, 0) is 24.3 Å². The van der Waals surface area contributed by atoms with Gasteiger partial charge in [-0.2, -0.15) is 9.67 Å². The third-order valence-corrected chi connectivity index (χ3v) is 2.87. The predicted octanol–water partition coefficient (Wildman–Crippen LogP) is 1.89. The summed E-state index contributed by atoms with van der Waals surface area (Å²) >= 11 is 0.